The van der Waals surface area contributed by atoms with Crippen molar-refractivity contribution in [2.24, 2.45) is 0 Å². The molecule has 0 saturated carbocycles. The quantitative estimate of drug-likeness (QED) is 0.831. The fraction of sp³-hybridized carbons (Fsp3) is 0.294. The summed E-state index contributed by atoms with van der Waals surface area (Å²) in [5, 5.41) is 4.64. The van der Waals surface area contributed by atoms with Gasteiger partial charge in [-0.25, -0.2) is 4.39 Å². The first kappa shape index (κ1) is 16.3. The zero-order valence-corrected chi connectivity index (χ0v) is 13.6. The summed E-state index contributed by atoms with van der Waals surface area (Å²) in [7, 11) is 1.91. The highest BCUT2D eigenvalue weighted by Gasteiger charge is 2.14. The summed E-state index contributed by atoms with van der Waals surface area (Å²) >= 11 is 12.4. The highest BCUT2D eigenvalue weighted by molar-refractivity contribution is 6.36. The predicted octanol–water partition coefficient (Wildman–Crippen LogP) is 4.81. The molecular formula is C17H18Cl2FN. The smallest absolute Gasteiger partial charge is 0.123 e. The predicted molar refractivity (Wildman–Crippen MR) is 87.9 cm³/mol. The van der Waals surface area contributed by atoms with E-state index in [1.165, 1.54) is 6.07 Å². The molecule has 0 aliphatic rings. The summed E-state index contributed by atoms with van der Waals surface area (Å²) in [6.07, 6.45) is 1.52. The molecule has 0 spiro atoms. The van der Waals surface area contributed by atoms with Gasteiger partial charge >= 0.3 is 0 Å². The molecule has 0 amide bonds. The minimum absolute atomic E-state index is 0.187. The van der Waals surface area contributed by atoms with E-state index in [1.807, 2.05) is 38.2 Å². The molecular weight excluding hydrogens is 308 g/mol. The zero-order chi connectivity index (χ0) is 15.4. The lowest BCUT2D eigenvalue weighted by Crippen LogP contribution is -2.30. The van der Waals surface area contributed by atoms with Gasteiger partial charge in [0.15, 0.2) is 0 Å². The number of halogens is 3. The molecule has 0 saturated heterocycles. The summed E-state index contributed by atoms with van der Waals surface area (Å²) < 4.78 is 13.2. The molecule has 0 fully saturated rings. The molecule has 0 heterocycles. The Hall–Kier alpha value is -1.09. The van der Waals surface area contributed by atoms with Crippen molar-refractivity contribution >= 4 is 23.2 Å². The Bertz CT molecular complexity index is 608. The Kier molecular flexibility index (Phi) is 5.63. The van der Waals surface area contributed by atoms with Gasteiger partial charge in [0.25, 0.3) is 0 Å². The van der Waals surface area contributed by atoms with Gasteiger partial charge in [-0.2, -0.15) is 0 Å². The van der Waals surface area contributed by atoms with Gasteiger partial charge in [-0.3, -0.25) is 0 Å². The van der Waals surface area contributed by atoms with Crippen LogP contribution in [-0.4, -0.2) is 13.1 Å². The van der Waals surface area contributed by atoms with E-state index in [0.717, 1.165) is 29.5 Å². The molecule has 1 nitrogen and oxygen atoms in total. The molecule has 0 aromatic heterocycles. The lowest BCUT2D eigenvalue weighted by molar-refractivity contribution is 0.554. The average molecular weight is 326 g/mol. The van der Waals surface area contributed by atoms with Crippen LogP contribution in [0.5, 0.6) is 0 Å². The first-order valence-electron chi connectivity index (χ1n) is 6.86. The Morgan fingerprint density at radius 2 is 1.76 bits per heavy atom. The number of hydrogen-bond acceptors (Lipinski definition) is 1. The van der Waals surface area contributed by atoms with E-state index in [-0.39, 0.29) is 11.9 Å². The van der Waals surface area contributed by atoms with Crippen LogP contribution in [-0.2, 0) is 12.8 Å². The second kappa shape index (κ2) is 7.26. The van der Waals surface area contributed by atoms with Crippen LogP contribution in [0, 0.1) is 12.7 Å². The number of benzene rings is 2. The number of nitrogens with one attached hydrogen (secondary N) is 1. The van der Waals surface area contributed by atoms with Crippen molar-refractivity contribution in [1.82, 2.24) is 5.32 Å². The summed E-state index contributed by atoms with van der Waals surface area (Å²) in [4.78, 5) is 0. The highest BCUT2D eigenvalue weighted by atomic mass is 35.5. The Labute approximate surface area is 135 Å². The van der Waals surface area contributed by atoms with Crippen molar-refractivity contribution in [3.63, 3.8) is 0 Å². The van der Waals surface area contributed by atoms with Crippen LogP contribution >= 0.6 is 23.2 Å². The first-order valence-corrected chi connectivity index (χ1v) is 7.62. The van der Waals surface area contributed by atoms with E-state index < -0.39 is 0 Å². The molecule has 112 valence electrons. The van der Waals surface area contributed by atoms with Crippen LogP contribution in [0.2, 0.25) is 10.0 Å². The molecule has 0 aliphatic carbocycles. The van der Waals surface area contributed by atoms with Crippen molar-refractivity contribution in [2.75, 3.05) is 7.05 Å². The minimum atomic E-state index is -0.202. The molecule has 2 aromatic rings. The molecule has 4 heteroatoms. The molecule has 0 aliphatic heterocycles. The number of aryl methyl sites for hydroxylation is 1. The minimum Gasteiger partial charge on any atom is -0.316 e. The third-order valence-electron chi connectivity index (χ3n) is 3.69. The van der Waals surface area contributed by atoms with E-state index >= 15 is 0 Å². The standard InChI is InChI=1S/C17H18Cl2FN/c1-11-8-13(20)7-6-12(11)9-14(21-2)10-15-16(18)4-3-5-17(15)19/h3-8,14,21H,9-10H2,1-2H3. The van der Waals surface area contributed by atoms with Gasteiger partial charge in [0.05, 0.1) is 0 Å². The topological polar surface area (TPSA) is 12.0 Å². The normalized spacial score (nSPS) is 12.4. The first-order chi connectivity index (χ1) is 10.0. The summed E-state index contributed by atoms with van der Waals surface area (Å²) in [5.74, 6) is -0.202. The Morgan fingerprint density at radius 3 is 2.33 bits per heavy atom. The van der Waals surface area contributed by atoms with E-state index in [0.29, 0.717) is 10.0 Å². The van der Waals surface area contributed by atoms with Crippen LogP contribution in [0.1, 0.15) is 16.7 Å². The molecule has 1 atom stereocenters. The van der Waals surface area contributed by atoms with Crippen LogP contribution in [0.3, 0.4) is 0 Å². The van der Waals surface area contributed by atoms with Crippen molar-refractivity contribution in [3.8, 4) is 0 Å². The lowest BCUT2D eigenvalue weighted by Gasteiger charge is -2.19. The van der Waals surface area contributed by atoms with Gasteiger partial charge < -0.3 is 5.32 Å². The fourth-order valence-electron chi connectivity index (χ4n) is 2.40. The highest BCUT2D eigenvalue weighted by Crippen LogP contribution is 2.26. The fourth-order valence-corrected chi connectivity index (χ4v) is 2.96. The number of hydrogen-bond donors (Lipinski definition) is 1. The van der Waals surface area contributed by atoms with Gasteiger partial charge in [0, 0.05) is 16.1 Å². The van der Waals surface area contributed by atoms with Crippen LogP contribution < -0.4 is 5.32 Å². The van der Waals surface area contributed by atoms with Crippen molar-refractivity contribution in [2.45, 2.75) is 25.8 Å². The largest absolute Gasteiger partial charge is 0.316 e. The summed E-state index contributed by atoms with van der Waals surface area (Å²) in [6.45, 7) is 1.92. The third kappa shape index (κ3) is 4.19. The van der Waals surface area contributed by atoms with E-state index in [2.05, 4.69) is 5.32 Å². The van der Waals surface area contributed by atoms with Gasteiger partial charge in [-0.05, 0) is 67.8 Å². The third-order valence-corrected chi connectivity index (χ3v) is 4.40. The second-order valence-corrected chi connectivity index (χ2v) is 5.98. The molecule has 2 rings (SSSR count). The maximum Gasteiger partial charge on any atom is 0.123 e. The second-order valence-electron chi connectivity index (χ2n) is 5.16. The van der Waals surface area contributed by atoms with Crippen molar-refractivity contribution in [3.05, 3.63) is 69.0 Å². The number of rotatable bonds is 5. The SMILES string of the molecule is CNC(Cc1ccc(F)cc1C)Cc1c(Cl)cccc1Cl. The van der Waals surface area contributed by atoms with Crippen LogP contribution in [0.4, 0.5) is 4.39 Å². The maximum atomic E-state index is 13.2. The van der Waals surface area contributed by atoms with E-state index in [1.54, 1.807) is 6.07 Å². The van der Waals surface area contributed by atoms with Gasteiger partial charge in [0.2, 0.25) is 0 Å². The summed E-state index contributed by atoms with van der Waals surface area (Å²) in [6, 6.07) is 10.6. The Balaban J connectivity index is 2.17. The van der Waals surface area contributed by atoms with Crippen molar-refractivity contribution in [1.29, 1.82) is 0 Å². The molecule has 0 bridgehead atoms. The van der Waals surface area contributed by atoms with Crippen molar-refractivity contribution < 1.29 is 4.39 Å². The molecule has 21 heavy (non-hydrogen) atoms. The molecule has 1 unspecified atom stereocenters. The Morgan fingerprint density at radius 1 is 1.10 bits per heavy atom. The molecule has 0 radical (unpaired) electrons. The monoisotopic (exact) mass is 325 g/mol. The molecule has 1 N–H and O–H groups in total. The average Bonchev–Trinajstić information content (AvgIpc) is 2.44. The van der Waals surface area contributed by atoms with E-state index in [9.17, 15) is 4.39 Å². The zero-order valence-electron chi connectivity index (χ0n) is 12.1. The van der Waals surface area contributed by atoms with Gasteiger partial charge in [-0.1, -0.05) is 35.3 Å². The van der Waals surface area contributed by atoms with Gasteiger partial charge in [-0.15, -0.1) is 0 Å². The molecule has 2 aromatic carbocycles. The lowest BCUT2D eigenvalue weighted by atomic mass is 9.96. The van der Waals surface area contributed by atoms with Crippen LogP contribution in [0.25, 0.3) is 0 Å². The maximum absolute atomic E-state index is 13.2. The number of likely N-dealkylation sites (N-methyl/N-ethyl adjacent to an activating group) is 1. The van der Waals surface area contributed by atoms with Gasteiger partial charge in [0.1, 0.15) is 5.82 Å². The summed E-state index contributed by atoms with van der Waals surface area (Å²) in [5.41, 5.74) is 3.03. The van der Waals surface area contributed by atoms with Crippen LogP contribution in [0.15, 0.2) is 36.4 Å². The van der Waals surface area contributed by atoms with E-state index in [4.69, 9.17) is 23.2 Å².